The predicted octanol–water partition coefficient (Wildman–Crippen LogP) is 3.59. The second-order valence-corrected chi connectivity index (χ2v) is 4.38. The molecule has 5 nitrogen and oxygen atoms in total. The molecule has 0 saturated heterocycles. The Morgan fingerprint density at radius 3 is 2.74 bits per heavy atom. The van der Waals surface area contributed by atoms with Gasteiger partial charge in [-0.05, 0) is 18.2 Å². The molecule has 0 bridgehead atoms. The lowest BCUT2D eigenvalue weighted by Gasteiger charge is -2.07. The first kappa shape index (κ1) is 11.7. The molecular formula is C13H8ClN3O2. The van der Waals surface area contributed by atoms with Gasteiger partial charge in [-0.3, -0.25) is 14.7 Å². The van der Waals surface area contributed by atoms with E-state index >= 15 is 0 Å². The Balaban J connectivity index is 2.36. The minimum Gasteiger partial charge on any atom is -0.291 e. The van der Waals surface area contributed by atoms with Crippen molar-refractivity contribution in [1.29, 1.82) is 0 Å². The van der Waals surface area contributed by atoms with Gasteiger partial charge < -0.3 is 0 Å². The first-order chi connectivity index (χ1) is 9.18. The van der Waals surface area contributed by atoms with E-state index in [1.165, 1.54) is 6.07 Å². The molecule has 3 rings (SSSR count). The lowest BCUT2D eigenvalue weighted by Crippen LogP contribution is -1.99. The molecule has 0 spiro atoms. The fourth-order valence-corrected chi connectivity index (χ4v) is 2.29. The van der Waals surface area contributed by atoms with Crippen LogP contribution in [0.3, 0.4) is 0 Å². The van der Waals surface area contributed by atoms with Crippen molar-refractivity contribution >= 4 is 28.3 Å². The number of fused-ring (bicyclic) bond motifs is 1. The van der Waals surface area contributed by atoms with Crippen LogP contribution in [-0.2, 0) is 0 Å². The fraction of sp³-hybridized carbons (Fsp3) is 0. The highest BCUT2D eigenvalue weighted by Crippen LogP contribution is 2.32. The van der Waals surface area contributed by atoms with E-state index in [1.54, 1.807) is 23.0 Å². The summed E-state index contributed by atoms with van der Waals surface area (Å²) < 4.78 is 1.63. The Bertz CT molecular complexity index is 782. The number of para-hydroxylation sites is 3. The van der Waals surface area contributed by atoms with Crippen LogP contribution in [0.1, 0.15) is 0 Å². The highest BCUT2D eigenvalue weighted by Gasteiger charge is 2.19. The third-order valence-corrected chi connectivity index (χ3v) is 3.16. The van der Waals surface area contributed by atoms with Crippen molar-refractivity contribution in [2.75, 3.05) is 0 Å². The molecule has 1 aromatic heterocycles. The van der Waals surface area contributed by atoms with Gasteiger partial charge in [0, 0.05) is 6.07 Å². The maximum atomic E-state index is 11.1. The Morgan fingerprint density at radius 1 is 1.16 bits per heavy atom. The van der Waals surface area contributed by atoms with Crippen molar-refractivity contribution < 1.29 is 4.92 Å². The summed E-state index contributed by atoms with van der Waals surface area (Å²) in [7, 11) is 0. The van der Waals surface area contributed by atoms with Crippen LogP contribution in [0.15, 0.2) is 48.8 Å². The highest BCUT2D eigenvalue weighted by atomic mass is 35.5. The van der Waals surface area contributed by atoms with Crippen LogP contribution in [0.4, 0.5) is 5.69 Å². The summed E-state index contributed by atoms with van der Waals surface area (Å²) in [6.07, 6.45) is 1.54. The van der Waals surface area contributed by atoms with Crippen molar-refractivity contribution in [2.45, 2.75) is 0 Å². The van der Waals surface area contributed by atoms with Crippen molar-refractivity contribution in [3.8, 4) is 5.69 Å². The average Bonchev–Trinajstić information content (AvgIpc) is 2.82. The molecule has 0 aliphatic heterocycles. The minimum atomic E-state index is -0.448. The van der Waals surface area contributed by atoms with Crippen LogP contribution in [0.5, 0.6) is 0 Å². The molecule has 0 radical (unpaired) electrons. The van der Waals surface area contributed by atoms with Gasteiger partial charge in [0.05, 0.1) is 21.0 Å². The summed E-state index contributed by atoms with van der Waals surface area (Å²) in [5.41, 5.74) is 1.83. The Hall–Kier alpha value is -2.40. The summed E-state index contributed by atoms with van der Waals surface area (Å²) in [5, 5.41) is 11.4. The number of nitrogens with zero attached hydrogens (tertiary/aromatic N) is 3. The summed E-state index contributed by atoms with van der Waals surface area (Å²) in [4.78, 5) is 14.9. The standard InChI is InChI=1S/C13H8ClN3O2/c14-9-4-3-7-12(17(18)19)13(9)16-8-15-10-5-1-2-6-11(10)16/h1-8H. The second kappa shape index (κ2) is 4.37. The Kier molecular flexibility index (Phi) is 2.68. The topological polar surface area (TPSA) is 61.0 Å². The van der Waals surface area contributed by atoms with Crippen LogP contribution < -0.4 is 0 Å². The van der Waals surface area contributed by atoms with Gasteiger partial charge in [-0.1, -0.05) is 29.8 Å². The van der Waals surface area contributed by atoms with Gasteiger partial charge in [0.2, 0.25) is 0 Å². The van der Waals surface area contributed by atoms with E-state index in [9.17, 15) is 10.1 Å². The van der Waals surface area contributed by atoms with Gasteiger partial charge in [0.1, 0.15) is 12.0 Å². The molecule has 0 atom stereocenters. The van der Waals surface area contributed by atoms with E-state index in [2.05, 4.69) is 4.98 Å². The van der Waals surface area contributed by atoms with Gasteiger partial charge in [-0.15, -0.1) is 0 Å². The van der Waals surface area contributed by atoms with Crippen LogP contribution in [0.2, 0.25) is 5.02 Å². The maximum absolute atomic E-state index is 11.1. The number of aromatic nitrogens is 2. The quantitative estimate of drug-likeness (QED) is 0.529. The molecule has 0 aliphatic carbocycles. The Labute approximate surface area is 113 Å². The van der Waals surface area contributed by atoms with E-state index in [1.807, 2.05) is 24.3 Å². The molecule has 0 unspecified atom stereocenters. The van der Waals surface area contributed by atoms with Gasteiger partial charge >= 0.3 is 0 Å². The minimum absolute atomic E-state index is 0.0457. The molecule has 0 saturated carbocycles. The van der Waals surface area contributed by atoms with E-state index in [0.29, 0.717) is 10.7 Å². The number of nitro benzene ring substituents is 1. The molecule has 0 N–H and O–H groups in total. The van der Waals surface area contributed by atoms with Crippen LogP contribution >= 0.6 is 11.6 Å². The van der Waals surface area contributed by atoms with Crippen molar-refractivity contribution in [3.05, 3.63) is 63.9 Å². The predicted molar refractivity (Wildman–Crippen MR) is 72.7 cm³/mol. The number of halogens is 1. The molecule has 6 heteroatoms. The summed E-state index contributed by atoms with van der Waals surface area (Å²) in [5.74, 6) is 0. The largest absolute Gasteiger partial charge is 0.294 e. The number of imidazole rings is 1. The number of rotatable bonds is 2. The molecule has 0 amide bonds. The molecule has 0 fully saturated rings. The zero-order valence-electron chi connectivity index (χ0n) is 9.65. The van der Waals surface area contributed by atoms with Crippen molar-refractivity contribution in [2.24, 2.45) is 0 Å². The number of hydrogen-bond donors (Lipinski definition) is 0. The van der Waals surface area contributed by atoms with E-state index in [-0.39, 0.29) is 5.69 Å². The molecule has 3 aromatic rings. The molecule has 2 aromatic carbocycles. The third kappa shape index (κ3) is 1.84. The Morgan fingerprint density at radius 2 is 1.95 bits per heavy atom. The lowest BCUT2D eigenvalue weighted by molar-refractivity contribution is -0.384. The molecule has 19 heavy (non-hydrogen) atoms. The molecule has 94 valence electrons. The van der Waals surface area contributed by atoms with Crippen LogP contribution in [0.25, 0.3) is 16.7 Å². The summed E-state index contributed by atoms with van der Waals surface area (Å²) in [6.45, 7) is 0. The van der Waals surface area contributed by atoms with Crippen molar-refractivity contribution in [3.63, 3.8) is 0 Å². The van der Waals surface area contributed by atoms with Gasteiger partial charge in [-0.2, -0.15) is 0 Å². The average molecular weight is 274 g/mol. The zero-order valence-corrected chi connectivity index (χ0v) is 10.4. The second-order valence-electron chi connectivity index (χ2n) is 3.97. The van der Waals surface area contributed by atoms with E-state index in [4.69, 9.17) is 11.6 Å². The van der Waals surface area contributed by atoms with E-state index in [0.717, 1.165) is 11.0 Å². The number of hydrogen-bond acceptors (Lipinski definition) is 3. The van der Waals surface area contributed by atoms with Crippen LogP contribution in [0, 0.1) is 10.1 Å². The van der Waals surface area contributed by atoms with Gasteiger partial charge in [0.15, 0.2) is 0 Å². The van der Waals surface area contributed by atoms with Gasteiger partial charge in [-0.25, -0.2) is 4.98 Å². The zero-order chi connectivity index (χ0) is 13.4. The number of benzene rings is 2. The molecule has 1 heterocycles. The monoisotopic (exact) mass is 273 g/mol. The van der Waals surface area contributed by atoms with Crippen molar-refractivity contribution in [1.82, 2.24) is 9.55 Å². The van der Waals surface area contributed by atoms with Crippen LogP contribution in [-0.4, -0.2) is 14.5 Å². The third-order valence-electron chi connectivity index (χ3n) is 2.86. The molecular weight excluding hydrogens is 266 g/mol. The molecule has 0 aliphatic rings. The van der Waals surface area contributed by atoms with E-state index < -0.39 is 4.92 Å². The SMILES string of the molecule is O=[N+]([O-])c1cccc(Cl)c1-n1cnc2ccccc21. The van der Waals surface area contributed by atoms with Gasteiger partial charge in [0.25, 0.3) is 5.69 Å². The lowest BCUT2D eigenvalue weighted by atomic mass is 10.2. The first-order valence-corrected chi connectivity index (χ1v) is 5.91. The summed E-state index contributed by atoms with van der Waals surface area (Å²) >= 11 is 6.11. The number of nitro groups is 1. The maximum Gasteiger partial charge on any atom is 0.294 e. The smallest absolute Gasteiger partial charge is 0.291 e. The fourth-order valence-electron chi connectivity index (χ4n) is 2.03. The first-order valence-electron chi connectivity index (χ1n) is 5.54. The summed E-state index contributed by atoms with van der Waals surface area (Å²) in [6, 6.07) is 12.0. The normalized spacial score (nSPS) is 10.8. The highest BCUT2D eigenvalue weighted by molar-refractivity contribution is 6.33.